The smallest absolute Gasteiger partial charge is 0.401 e. The van der Waals surface area contributed by atoms with Gasteiger partial charge in [-0.2, -0.15) is 13.2 Å². The standard InChI is InChI=1S/C16H21F3N2O3/c17-16(18,19)12-21-7-5-20(6-8-21)9-10-24-14-3-1-13(2-4-14)11-15(22)23/h1-4H,5-12H2,(H,22,23). The number of alkyl halides is 3. The fourth-order valence-electron chi connectivity index (χ4n) is 2.60. The SMILES string of the molecule is O=C(O)Cc1ccc(OCCN2CCN(CC(F)(F)F)CC2)cc1. The van der Waals surface area contributed by atoms with Gasteiger partial charge < -0.3 is 9.84 Å². The molecule has 24 heavy (non-hydrogen) atoms. The highest BCUT2D eigenvalue weighted by atomic mass is 19.4. The van der Waals surface area contributed by atoms with Crippen molar-refractivity contribution in [1.82, 2.24) is 9.80 Å². The first-order valence-electron chi connectivity index (χ1n) is 7.77. The van der Waals surface area contributed by atoms with E-state index in [4.69, 9.17) is 9.84 Å². The van der Waals surface area contributed by atoms with Crippen molar-refractivity contribution in [2.45, 2.75) is 12.6 Å². The highest BCUT2D eigenvalue weighted by Gasteiger charge is 2.31. The number of hydrogen-bond acceptors (Lipinski definition) is 4. The summed E-state index contributed by atoms with van der Waals surface area (Å²) in [5.74, 6) is -0.229. The van der Waals surface area contributed by atoms with Crippen LogP contribution < -0.4 is 4.74 Å². The minimum Gasteiger partial charge on any atom is -0.492 e. The number of ether oxygens (including phenoxy) is 1. The number of benzene rings is 1. The first kappa shape index (κ1) is 18.5. The molecule has 0 amide bonds. The molecule has 1 aliphatic rings. The summed E-state index contributed by atoms with van der Waals surface area (Å²) in [6.45, 7) is 2.25. The van der Waals surface area contributed by atoms with Crippen LogP contribution in [0.25, 0.3) is 0 Å². The highest BCUT2D eigenvalue weighted by molar-refractivity contribution is 5.70. The molecule has 0 aromatic heterocycles. The fourth-order valence-corrected chi connectivity index (χ4v) is 2.60. The van der Waals surface area contributed by atoms with E-state index in [1.165, 1.54) is 4.90 Å². The molecule has 1 N–H and O–H groups in total. The lowest BCUT2D eigenvalue weighted by atomic mass is 10.1. The molecular formula is C16H21F3N2O3. The van der Waals surface area contributed by atoms with Crippen molar-refractivity contribution in [2.75, 3.05) is 45.9 Å². The second kappa shape index (κ2) is 8.34. The van der Waals surface area contributed by atoms with Gasteiger partial charge in [-0.05, 0) is 17.7 Å². The third-order valence-corrected chi connectivity index (χ3v) is 3.82. The van der Waals surface area contributed by atoms with Gasteiger partial charge in [0.1, 0.15) is 12.4 Å². The number of rotatable bonds is 7. The number of halogens is 3. The van der Waals surface area contributed by atoms with Crippen molar-refractivity contribution in [3.05, 3.63) is 29.8 Å². The number of carboxylic acid groups (broad SMARTS) is 1. The Kier molecular flexibility index (Phi) is 6.44. The Bertz CT molecular complexity index is 526. The predicted octanol–water partition coefficient (Wildman–Crippen LogP) is 1.87. The van der Waals surface area contributed by atoms with Gasteiger partial charge in [0.2, 0.25) is 0 Å². The van der Waals surface area contributed by atoms with Crippen LogP contribution in [0.3, 0.4) is 0 Å². The van der Waals surface area contributed by atoms with E-state index in [9.17, 15) is 18.0 Å². The average molecular weight is 346 g/mol. The van der Waals surface area contributed by atoms with Gasteiger partial charge in [-0.25, -0.2) is 0 Å². The maximum absolute atomic E-state index is 12.3. The van der Waals surface area contributed by atoms with Gasteiger partial charge in [0, 0.05) is 32.7 Å². The number of hydrogen-bond donors (Lipinski definition) is 1. The van der Waals surface area contributed by atoms with Gasteiger partial charge in [-0.15, -0.1) is 0 Å². The molecular weight excluding hydrogens is 325 g/mol. The Labute approximate surface area is 138 Å². The lowest BCUT2D eigenvalue weighted by Crippen LogP contribution is -2.49. The molecule has 2 rings (SSSR count). The van der Waals surface area contributed by atoms with E-state index in [2.05, 4.69) is 4.90 Å². The van der Waals surface area contributed by atoms with Crippen molar-refractivity contribution < 1.29 is 27.8 Å². The van der Waals surface area contributed by atoms with E-state index >= 15 is 0 Å². The molecule has 1 heterocycles. The van der Waals surface area contributed by atoms with Crippen molar-refractivity contribution in [3.8, 4) is 5.75 Å². The van der Waals surface area contributed by atoms with Gasteiger partial charge >= 0.3 is 12.1 Å². The third-order valence-electron chi connectivity index (χ3n) is 3.82. The van der Waals surface area contributed by atoms with Crippen LogP contribution in [0, 0.1) is 0 Å². The summed E-state index contributed by atoms with van der Waals surface area (Å²) in [6, 6.07) is 6.86. The predicted molar refractivity (Wildman–Crippen MR) is 82.2 cm³/mol. The van der Waals surface area contributed by atoms with Crippen LogP contribution in [-0.2, 0) is 11.2 Å². The maximum atomic E-state index is 12.3. The Morgan fingerprint density at radius 2 is 1.67 bits per heavy atom. The van der Waals surface area contributed by atoms with Crippen LogP contribution in [0.1, 0.15) is 5.56 Å². The molecule has 0 saturated carbocycles. The minimum atomic E-state index is -4.14. The van der Waals surface area contributed by atoms with E-state index in [0.717, 1.165) is 0 Å². The molecule has 1 aliphatic heterocycles. The summed E-state index contributed by atoms with van der Waals surface area (Å²) in [5.41, 5.74) is 0.704. The van der Waals surface area contributed by atoms with Gasteiger partial charge in [0.25, 0.3) is 0 Å². The lowest BCUT2D eigenvalue weighted by molar-refractivity contribution is -0.149. The molecule has 1 aromatic carbocycles. The number of aliphatic carboxylic acids is 1. The van der Waals surface area contributed by atoms with E-state index < -0.39 is 18.7 Å². The molecule has 1 fully saturated rings. The Morgan fingerprint density at radius 1 is 1.08 bits per heavy atom. The lowest BCUT2D eigenvalue weighted by Gasteiger charge is -2.34. The Hall–Kier alpha value is -1.80. The monoisotopic (exact) mass is 346 g/mol. The Balaban J connectivity index is 1.65. The van der Waals surface area contributed by atoms with Crippen molar-refractivity contribution in [3.63, 3.8) is 0 Å². The molecule has 0 spiro atoms. The molecule has 134 valence electrons. The quantitative estimate of drug-likeness (QED) is 0.817. The van der Waals surface area contributed by atoms with E-state index in [-0.39, 0.29) is 6.42 Å². The van der Waals surface area contributed by atoms with Crippen LogP contribution in [-0.4, -0.2) is 72.9 Å². The van der Waals surface area contributed by atoms with E-state index in [1.807, 2.05) is 0 Å². The van der Waals surface area contributed by atoms with E-state index in [0.29, 0.717) is 50.6 Å². The second-order valence-corrected chi connectivity index (χ2v) is 5.80. The molecule has 0 bridgehead atoms. The molecule has 0 unspecified atom stereocenters. The van der Waals surface area contributed by atoms with Crippen molar-refractivity contribution in [1.29, 1.82) is 0 Å². The van der Waals surface area contributed by atoms with Crippen LogP contribution in [0.15, 0.2) is 24.3 Å². The van der Waals surface area contributed by atoms with Crippen LogP contribution >= 0.6 is 0 Å². The highest BCUT2D eigenvalue weighted by Crippen LogP contribution is 2.17. The third kappa shape index (κ3) is 6.76. The summed E-state index contributed by atoms with van der Waals surface area (Å²) in [7, 11) is 0. The normalized spacial score (nSPS) is 17.0. The number of carboxylic acids is 1. The van der Waals surface area contributed by atoms with Gasteiger partial charge in [-0.1, -0.05) is 12.1 Å². The molecule has 1 aromatic rings. The van der Waals surface area contributed by atoms with Crippen LogP contribution in [0.2, 0.25) is 0 Å². The average Bonchev–Trinajstić information content (AvgIpc) is 2.49. The minimum absolute atomic E-state index is 0.0253. The first-order chi connectivity index (χ1) is 11.3. The van der Waals surface area contributed by atoms with Gasteiger partial charge in [0.05, 0.1) is 13.0 Å². The Morgan fingerprint density at radius 3 is 2.21 bits per heavy atom. The molecule has 0 aliphatic carbocycles. The summed E-state index contributed by atoms with van der Waals surface area (Å²) < 4.78 is 42.5. The topological polar surface area (TPSA) is 53.0 Å². The van der Waals surface area contributed by atoms with Gasteiger partial charge in [-0.3, -0.25) is 14.6 Å². The molecule has 0 radical (unpaired) electrons. The second-order valence-electron chi connectivity index (χ2n) is 5.80. The maximum Gasteiger partial charge on any atom is 0.401 e. The van der Waals surface area contributed by atoms with Gasteiger partial charge in [0.15, 0.2) is 0 Å². The summed E-state index contributed by atoms with van der Waals surface area (Å²) in [4.78, 5) is 14.1. The summed E-state index contributed by atoms with van der Waals surface area (Å²) in [6.07, 6.45) is -4.17. The number of carbonyl (C=O) groups is 1. The molecule has 1 saturated heterocycles. The van der Waals surface area contributed by atoms with Crippen molar-refractivity contribution >= 4 is 5.97 Å². The van der Waals surface area contributed by atoms with Crippen molar-refractivity contribution in [2.24, 2.45) is 0 Å². The fraction of sp³-hybridized carbons (Fsp3) is 0.562. The zero-order valence-corrected chi connectivity index (χ0v) is 13.3. The molecule has 8 heteroatoms. The summed E-state index contributed by atoms with van der Waals surface area (Å²) >= 11 is 0. The largest absolute Gasteiger partial charge is 0.492 e. The first-order valence-corrected chi connectivity index (χ1v) is 7.77. The zero-order valence-electron chi connectivity index (χ0n) is 13.3. The number of nitrogens with zero attached hydrogens (tertiary/aromatic N) is 2. The molecule has 5 nitrogen and oxygen atoms in total. The summed E-state index contributed by atoms with van der Waals surface area (Å²) in [5, 5.41) is 8.70. The van der Waals surface area contributed by atoms with E-state index in [1.54, 1.807) is 24.3 Å². The zero-order chi connectivity index (χ0) is 17.6. The van der Waals surface area contributed by atoms with Crippen LogP contribution in [0.4, 0.5) is 13.2 Å². The van der Waals surface area contributed by atoms with Crippen LogP contribution in [0.5, 0.6) is 5.75 Å². The number of piperazine rings is 1. The molecule has 0 atom stereocenters.